The highest BCUT2D eigenvalue weighted by atomic mass is 14.7. The molecule has 0 atom stereocenters. The number of pyridine rings is 1. The zero-order chi connectivity index (χ0) is 10.6. The first-order valence-electron chi connectivity index (χ1n) is 5.41. The van der Waals surface area contributed by atoms with Gasteiger partial charge in [0, 0.05) is 5.69 Å². The number of rotatable bonds is 0. The van der Waals surface area contributed by atoms with Gasteiger partial charge in [-0.1, -0.05) is 26.0 Å². The Hall–Kier alpha value is -1.11. The fraction of sp³-hybridized carbons (Fsp3) is 0.462. The molecule has 1 heteroatoms. The lowest BCUT2D eigenvalue weighted by Crippen LogP contribution is -2.00. The fourth-order valence-electron chi connectivity index (χ4n) is 1.56. The molecule has 0 aliphatic heterocycles. The fourth-order valence-corrected chi connectivity index (χ4v) is 1.56. The summed E-state index contributed by atoms with van der Waals surface area (Å²) in [5.41, 5.74) is 5.04. The van der Waals surface area contributed by atoms with E-state index in [1.807, 2.05) is 13.8 Å². The van der Waals surface area contributed by atoms with Gasteiger partial charge in [-0.3, -0.25) is 4.98 Å². The van der Waals surface area contributed by atoms with Gasteiger partial charge in [0.2, 0.25) is 0 Å². The van der Waals surface area contributed by atoms with Gasteiger partial charge in [0.25, 0.3) is 0 Å². The minimum absolute atomic E-state index is 1.15. The largest absolute Gasteiger partial charge is 0.253 e. The number of nitrogens with zero attached hydrogens (tertiary/aromatic N) is 1. The summed E-state index contributed by atoms with van der Waals surface area (Å²) >= 11 is 0. The Bertz CT molecular complexity index is 337. The van der Waals surface area contributed by atoms with Crippen molar-refractivity contribution in [2.75, 3.05) is 0 Å². The molecule has 0 unspecified atom stereocenters. The molecule has 0 bridgehead atoms. The first kappa shape index (κ1) is 11.0. The molecule has 0 N–H and O–H groups in total. The number of allylic oxidation sites excluding steroid dienone is 1. The molecule has 0 saturated carbocycles. The van der Waals surface area contributed by atoms with E-state index in [9.17, 15) is 0 Å². The summed E-state index contributed by atoms with van der Waals surface area (Å²) in [6, 6.07) is 2.27. The maximum absolute atomic E-state index is 4.53. The molecule has 0 fully saturated rings. The van der Waals surface area contributed by atoms with E-state index in [4.69, 9.17) is 0 Å². The average Bonchev–Trinajstić information content (AvgIpc) is 2.23. The number of hydrogen-bond acceptors (Lipinski definition) is 1. The van der Waals surface area contributed by atoms with Gasteiger partial charge in [-0.15, -0.1) is 0 Å². The van der Waals surface area contributed by atoms with Crippen LogP contribution in [0.3, 0.4) is 0 Å². The molecule has 0 amide bonds. The molecule has 0 aromatic carbocycles. The van der Waals surface area contributed by atoms with Gasteiger partial charge in [0.15, 0.2) is 0 Å². The lowest BCUT2D eigenvalue weighted by Gasteiger charge is -2.11. The molecule has 1 heterocycles. The number of fused-ring (bicyclic) bond motifs is 1. The first-order chi connectivity index (χ1) is 6.77. The molecular weight excluding hydrogens is 170 g/mol. The van der Waals surface area contributed by atoms with E-state index in [1.165, 1.54) is 16.8 Å². The second kappa shape index (κ2) is 4.94. The Balaban J connectivity index is 0.000000461. The predicted molar refractivity (Wildman–Crippen MR) is 62.4 cm³/mol. The third-order valence-corrected chi connectivity index (χ3v) is 2.43. The van der Waals surface area contributed by atoms with Gasteiger partial charge < -0.3 is 0 Å². The molecule has 0 radical (unpaired) electrons. The summed E-state index contributed by atoms with van der Waals surface area (Å²) in [5, 5.41) is 0. The maximum atomic E-state index is 4.53. The van der Waals surface area contributed by atoms with Gasteiger partial charge in [-0.2, -0.15) is 0 Å². The van der Waals surface area contributed by atoms with Crippen molar-refractivity contribution in [1.82, 2.24) is 4.98 Å². The molecule has 1 nitrogen and oxygen atoms in total. The highest BCUT2D eigenvalue weighted by molar-refractivity contribution is 5.53. The molecule has 0 saturated heterocycles. The molecule has 2 rings (SSSR count). The first-order valence-corrected chi connectivity index (χ1v) is 5.41. The van der Waals surface area contributed by atoms with Crippen LogP contribution in [0.2, 0.25) is 0 Å². The zero-order valence-corrected chi connectivity index (χ0v) is 9.59. The van der Waals surface area contributed by atoms with Crippen molar-refractivity contribution in [1.29, 1.82) is 0 Å². The number of aryl methyl sites for hydroxylation is 3. The third-order valence-electron chi connectivity index (χ3n) is 2.43. The van der Waals surface area contributed by atoms with Crippen LogP contribution in [0.25, 0.3) is 6.08 Å². The lowest BCUT2D eigenvalue weighted by atomic mass is 10.00. The van der Waals surface area contributed by atoms with Crippen LogP contribution in [0.15, 0.2) is 12.1 Å². The SMILES string of the molecule is CC.Cc1cc2c(nc1C)C=CCC2. The normalized spacial score (nSPS) is 12.9. The molecule has 1 aliphatic carbocycles. The topological polar surface area (TPSA) is 12.9 Å². The summed E-state index contributed by atoms with van der Waals surface area (Å²) in [6.07, 6.45) is 6.65. The molecular formula is C13H19N. The van der Waals surface area contributed by atoms with Crippen molar-refractivity contribution in [3.8, 4) is 0 Å². The standard InChI is InChI=1S/C11H13N.C2H6/c1-8-7-10-5-3-4-6-11(10)12-9(8)2;1-2/h4,6-7H,3,5H2,1-2H3;1-2H3. The molecule has 1 aromatic heterocycles. The summed E-state index contributed by atoms with van der Waals surface area (Å²) in [5.74, 6) is 0. The van der Waals surface area contributed by atoms with E-state index < -0.39 is 0 Å². The van der Waals surface area contributed by atoms with Crippen molar-refractivity contribution >= 4 is 6.08 Å². The van der Waals surface area contributed by atoms with Crippen LogP contribution in [0, 0.1) is 13.8 Å². The average molecular weight is 189 g/mol. The van der Waals surface area contributed by atoms with Crippen molar-refractivity contribution in [3.05, 3.63) is 34.7 Å². The quantitative estimate of drug-likeness (QED) is 0.606. The second-order valence-electron chi connectivity index (χ2n) is 3.38. The highest BCUT2D eigenvalue weighted by Gasteiger charge is 2.06. The number of hydrogen-bond donors (Lipinski definition) is 0. The Morgan fingerprint density at radius 1 is 1.21 bits per heavy atom. The zero-order valence-electron chi connectivity index (χ0n) is 9.59. The van der Waals surface area contributed by atoms with E-state index in [1.54, 1.807) is 0 Å². The highest BCUT2D eigenvalue weighted by Crippen LogP contribution is 2.19. The van der Waals surface area contributed by atoms with E-state index in [2.05, 4.69) is 37.0 Å². The van der Waals surface area contributed by atoms with Gasteiger partial charge in [-0.05, 0) is 43.9 Å². The van der Waals surface area contributed by atoms with E-state index >= 15 is 0 Å². The molecule has 1 aliphatic rings. The van der Waals surface area contributed by atoms with Crippen LogP contribution in [-0.4, -0.2) is 4.98 Å². The Morgan fingerprint density at radius 3 is 2.64 bits per heavy atom. The minimum atomic E-state index is 1.15. The van der Waals surface area contributed by atoms with Crippen molar-refractivity contribution in [2.45, 2.75) is 40.5 Å². The predicted octanol–water partition coefficient (Wildman–Crippen LogP) is 3.68. The monoisotopic (exact) mass is 189 g/mol. The molecule has 0 spiro atoms. The van der Waals surface area contributed by atoms with Crippen LogP contribution in [0.1, 0.15) is 42.8 Å². The van der Waals surface area contributed by atoms with Crippen LogP contribution in [0.4, 0.5) is 0 Å². The van der Waals surface area contributed by atoms with Crippen molar-refractivity contribution in [3.63, 3.8) is 0 Å². The van der Waals surface area contributed by atoms with Crippen LogP contribution in [0.5, 0.6) is 0 Å². The van der Waals surface area contributed by atoms with Crippen LogP contribution in [-0.2, 0) is 6.42 Å². The third kappa shape index (κ3) is 2.22. The van der Waals surface area contributed by atoms with Crippen LogP contribution >= 0.6 is 0 Å². The summed E-state index contributed by atoms with van der Waals surface area (Å²) in [7, 11) is 0. The van der Waals surface area contributed by atoms with E-state index in [0.717, 1.165) is 18.5 Å². The number of aromatic nitrogens is 1. The summed E-state index contributed by atoms with van der Waals surface area (Å²) < 4.78 is 0. The maximum Gasteiger partial charge on any atom is 0.0661 e. The van der Waals surface area contributed by atoms with Gasteiger partial charge in [0.05, 0.1) is 5.69 Å². The van der Waals surface area contributed by atoms with Crippen molar-refractivity contribution < 1.29 is 0 Å². The smallest absolute Gasteiger partial charge is 0.0661 e. The Labute approximate surface area is 86.9 Å². The summed E-state index contributed by atoms with van der Waals surface area (Å²) in [4.78, 5) is 4.53. The van der Waals surface area contributed by atoms with Gasteiger partial charge >= 0.3 is 0 Å². The Kier molecular flexibility index (Phi) is 3.87. The lowest BCUT2D eigenvalue weighted by molar-refractivity contribution is 0.947. The summed E-state index contributed by atoms with van der Waals surface area (Å²) in [6.45, 7) is 8.19. The van der Waals surface area contributed by atoms with E-state index in [0.29, 0.717) is 0 Å². The minimum Gasteiger partial charge on any atom is -0.253 e. The van der Waals surface area contributed by atoms with Gasteiger partial charge in [0.1, 0.15) is 0 Å². The van der Waals surface area contributed by atoms with E-state index in [-0.39, 0.29) is 0 Å². The molecule has 76 valence electrons. The van der Waals surface area contributed by atoms with Gasteiger partial charge in [-0.25, -0.2) is 0 Å². The Morgan fingerprint density at radius 2 is 1.93 bits per heavy atom. The second-order valence-corrected chi connectivity index (χ2v) is 3.38. The van der Waals surface area contributed by atoms with Crippen LogP contribution < -0.4 is 0 Å². The molecule has 1 aromatic rings. The molecule has 14 heavy (non-hydrogen) atoms. The van der Waals surface area contributed by atoms with Crippen molar-refractivity contribution in [2.24, 2.45) is 0 Å².